The molecule has 0 saturated heterocycles. The highest BCUT2D eigenvalue weighted by atomic mass is 16.6. The Labute approximate surface area is 254 Å². The second-order valence-corrected chi connectivity index (χ2v) is 10.9. The highest BCUT2D eigenvalue weighted by Crippen LogP contribution is 2.45. The van der Waals surface area contributed by atoms with E-state index in [2.05, 4.69) is 50.2 Å². The number of benzene rings is 3. The first kappa shape index (κ1) is 30.1. The van der Waals surface area contributed by atoms with Gasteiger partial charge < -0.3 is 9.47 Å². The fourth-order valence-electron chi connectivity index (χ4n) is 6.38. The van der Waals surface area contributed by atoms with Gasteiger partial charge in [-0.2, -0.15) is 0 Å². The van der Waals surface area contributed by atoms with E-state index < -0.39 is 0 Å². The third kappa shape index (κ3) is 5.71. The second-order valence-electron chi connectivity index (χ2n) is 10.9. The number of fused-ring (bicyclic) bond motifs is 2. The highest BCUT2D eigenvalue weighted by molar-refractivity contribution is 5.98. The van der Waals surface area contributed by atoms with E-state index in [9.17, 15) is 9.59 Å². The van der Waals surface area contributed by atoms with Crippen LogP contribution in [0, 0.1) is 0 Å². The minimum atomic E-state index is -0.358. The Morgan fingerprint density at radius 1 is 0.605 bits per heavy atom. The van der Waals surface area contributed by atoms with Crippen LogP contribution in [0.4, 0.5) is 9.59 Å². The maximum absolute atomic E-state index is 13.6. The predicted molar refractivity (Wildman–Crippen MR) is 173 cm³/mol. The minimum absolute atomic E-state index is 0.235. The number of ether oxygens (including phenoxy) is 2. The standard InChI is InChI=1S/C37H42N2O4/c1-5-9-22-31-34(27-20-14-16-24-29(27)38(31)36(40)42-7-3)33(26-18-12-11-13-19-26)35-28-21-15-17-25-30(28)39(37(41)43-8-4)32(35)23-10-6-2/h11-21,24-25,33H,5-10,22-23H2,1-4H3. The molecule has 5 rings (SSSR count). The van der Waals surface area contributed by atoms with Gasteiger partial charge in [-0.25, -0.2) is 18.7 Å². The number of para-hydroxylation sites is 2. The van der Waals surface area contributed by atoms with Crippen molar-refractivity contribution in [3.8, 4) is 0 Å². The zero-order valence-electron chi connectivity index (χ0n) is 25.8. The normalized spacial score (nSPS) is 11.5. The number of rotatable bonds is 11. The first-order valence-electron chi connectivity index (χ1n) is 15.7. The van der Waals surface area contributed by atoms with E-state index in [-0.39, 0.29) is 18.1 Å². The molecule has 0 amide bonds. The quantitative estimate of drug-likeness (QED) is 0.157. The van der Waals surface area contributed by atoms with Gasteiger partial charge in [0.15, 0.2) is 0 Å². The summed E-state index contributed by atoms with van der Waals surface area (Å²) in [6.45, 7) is 8.61. The van der Waals surface area contributed by atoms with E-state index in [1.54, 1.807) is 9.13 Å². The molecule has 0 N–H and O–H groups in total. The van der Waals surface area contributed by atoms with Crippen molar-refractivity contribution in [1.82, 2.24) is 9.13 Å². The Morgan fingerprint density at radius 3 is 1.44 bits per heavy atom. The van der Waals surface area contributed by atoms with Crippen LogP contribution in [0.2, 0.25) is 0 Å². The predicted octanol–water partition coefficient (Wildman–Crippen LogP) is 9.47. The van der Waals surface area contributed by atoms with Crippen LogP contribution < -0.4 is 0 Å². The van der Waals surface area contributed by atoms with Crippen LogP contribution in [0.25, 0.3) is 21.8 Å². The average molecular weight is 579 g/mol. The number of carbonyl (C=O) groups is 2. The highest BCUT2D eigenvalue weighted by Gasteiger charge is 2.34. The molecule has 224 valence electrons. The van der Waals surface area contributed by atoms with Crippen LogP contribution in [0.5, 0.6) is 0 Å². The van der Waals surface area contributed by atoms with Gasteiger partial charge in [0.2, 0.25) is 0 Å². The summed E-state index contributed by atoms with van der Waals surface area (Å²) in [6.07, 6.45) is 4.57. The molecule has 0 bridgehead atoms. The summed E-state index contributed by atoms with van der Waals surface area (Å²) in [6, 6.07) is 26.7. The van der Waals surface area contributed by atoms with Crippen LogP contribution in [0.1, 0.15) is 87.4 Å². The van der Waals surface area contributed by atoms with Crippen molar-refractivity contribution in [3.05, 3.63) is 107 Å². The Kier molecular flexibility index (Phi) is 9.65. The van der Waals surface area contributed by atoms with Gasteiger partial charge >= 0.3 is 12.2 Å². The number of carbonyl (C=O) groups excluding carboxylic acids is 2. The van der Waals surface area contributed by atoms with Gasteiger partial charge in [0.05, 0.1) is 24.2 Å². The first-order chi connectivity index (χ1) is 21.1. The van der Waals surface area contributed by atoms with Gasteiger partial charge in [0.1, 0.15) is 0 Å². The number of aromatic nitrogens is 2. The van der Waals surface area contributed by atoms with Crippen molar-refractivity contribution >= 4 is 34.0 Å². The van der Waals surface area contributed by atoms with Crippen molar-refractivity contribution in [2.75, 3.05) is 13.2 Å². The molecule has 0 unspecified atom stereocenters. The third-order valence-corrected chi connectivity index (χ3v) is 8.18. The fraction of sp³-hybridized carbons (Fsp3) is 0.351. The molecule has 43 heavy (non-hydrogen) atoms. The molecule has 0 atom stereocenters. The zero-order valence-corrected chi connectivity index (χ0v) is 25.8. The molecule has 0 saturated carbocycles. The van der Waals surface area contributed by atoms with Crippen LogP contribution >= 0.6 is 0 Å². The van der Waals surface area contributed by atoms with Crippen molar-refractivity contribution < 1.29 is 19.1 Å². The van der Waals surface area contributed by atoms with E-state index in [0.717, 1.165) is 88.4 Å². The molecular weight excluding hydrogens is 536 g/mol. The molecule has 0 aliphatic rings. The molecule has 5 aromatic rings. The molecule has 0 spiro atoms. The summed E-state index contributed by atoms with van der Waals surface area (Å²) >= 11 is 0. The van der Waals surface area contributed by atoms with Crippen LogP contribution in [0.3, 0.4) is 0 Å². The smallest absolute Gasteiger partial charge is 0.418 e. The van der Waals surface area contributed by atoms with E-state index in [4.69, 9.17) is 9.47 Å². The molecule has 3 aromatic carbocycles. The van der Waals surface area contributed by atoms with Crippen LogP contribution in [-0.2, 0) is 22.3 Å². The Bertz CT molecular complexity index is 1610. The SMILES string of the molecule is CCCCc1c(C(c2ccccc2)c2c(CCCC)n(C(=O)OCC)c3ccccc23)c2ccccc2n1C(=O)OCC. The summed E-state index contributed by atoms with van der Waals surface area (Å²) in [7, 11) is 0. The second kappa shape index (κ2) is 13.8. The topological polar surface area (TPSA) is 62.5 Å². The van der Waals surface area contributed by atoms with Gasteiger partial charge in [-0.3, -0.25) is 0 Å². The summed E-state index contributed by atoms with van der Waals surface area (Å²) in [5.74, 6) is -0.235. The van der Waals surface area contributed by atoms with Gasteiger partial charge in [-0.05, 0) is 68.4 Å². The summed E-state index contributed by atoms with van der Waals surface area (Å²) in [5.41, 5.74) is 6.89. The molecule has 6 nitrogen and oxygen atoms in total. The van der Waals surface area contributed by atoms with E-state index >= 15 is 0 Å². The largest absolute Gasteiger partial charge is 0.449 e. The number of hydrogen-bond acceptors (Lipinski definition) is 4. The van der Waals surface area contributed by atoms with E-state index in [1.807, 2.05) is 56.3 Å². The Hall–Kier alpha value is -4.32. The molecule has 0 aliphatic heterocycles. The zero-order chi connectivity index (χ0) is 30.3. The van der Waals surface area contributed by atoms with Crippen molar-refractivity contribution in [1.29, 1.82) is 0 Å². The Balaban J connectivity index is 1.94. The molecule has 0 aliphatic carbocycles. The lowest BCUT2D eigenvalue weighted by atomic mass is 9.81. The van der Waals surface area contributed by atoms with Gasteiger partial charge in [-0.15, -0.1) is 0 Å². The van der Waals surface area contributed by atoms with Crippen molar-refractivity contribution in [2.45, 2.75) is 72.1 Å². The van der Waals surface area contributed by atoms with Gasteiger partial charge in [0.25, 0.3) is 0 Å². The molecule has 2 heterocycles. The maximum Gasteiger partial charge on any atom is 0.418 e. The van der Waals surface area contributed by atoms with E-state index in [0.29, 0.717) is 13.2 Å². The maximum atomic E-state index is 13.6. The number of nitrogens with zero attached hydrogens (tertiary/aromatic N) is 2. The van der Waals surface area contributed by atoms with Gasteiger partial charge in [0, 0.05) is 28.1 Å². The average Bonchev–Trinajstić information content (AvgIpc) is 3.53. The third-order valence-electron chi connectivity index (χ3n) is 8.18. The molecule has 2 aromatic heterocycles. The summed E-state index contributed by atoms with van der Waals surface area (Å²) in [4.78, 5) is 27.2. The monoisotopic (exact) mass is 578 g/mol. The molecule has 6 heteroatoms. The molecule has 0 fully saturated rings. The number of unbranched alkanes of at least 4 members (excludes halogenated alkanes) is 2. The van der Waals surface area contributed by atoms with Gasteiger partial charge in [-0.1, -0.05) is 93.4 Å². The van der Waals surface area contributed by atoms with E-state index in [1.165, 1.54) is 0 Å². The lowest BCUT2D eigenvalue weighted by Gasteiger charge is -2.23. The summed E-state index contributed by atoms with van der Waals surface area (Å²) in [5, 5.41) is 2.04. The first-order valence-corrected chi connectivity index (χ1v) is 15.7. The summed E-state index contributed by atoms with van der Waals surface area (Å²) < 4.78 is 14.8. The Morgan fingerprint density at radius 2 is 1.02 bits per heavy atom. The van der Waals surface area contributed by atoms with Crippen LogP contribution in [0.15, 0.2) is 78.9 Å². The lowest BCUT2D eigenvalue weighted by Crippen LogP contribution is -2.19. The van der Waals surface area contributed by atoms with Crippen molar-refractivity contribution in [3.63, 3.8) is 0 Å². The van der Waals surface area contributed by atoms with Crippen molar-refractivity contribution in [2.24, 2.45) is 0 Å². The fourth-order valence-corrected chi connectivity index (χ4v) is 6.38. The number of hydrogen-bond donors (Lipinski definition) is 0. The molecular formula is C37H42N2O4. The lowest BCUT2D eigenvalue weighted by molar-refractivity contribution is 0.153. The molecule has 0 radical (unpaired) electrons. The van der Waals surface area contributed by atoms with Crippen LogP contribution in [-0.4, -0.2) is 34.5 Å². The minimum Gasteiger partial charge on any atom is -0.449 e.